The van der Waals surface area contributed by atoms with E-state index in [1.165, 1.54) is 12.3 Å². The number of rotatable bonds is 3. The predicted octanol–water partition coefficient (Wildman–Crippen LogP) is 1.14. The SMILES string of the molecule is CCNC(=O)N1CCC(NC(=O)c2ccncc2F)CC1. The minimum Gasteiger partial charge on any atom is -0.349 e. The van der Waals surface area contributed by atoms with Gasteiger partial charge in [0.2, 0.25) is 0 Å². The van der Waals surface area contributed by atoms with Gasteiger partial charge in [0, 0.05) is 31.9 Å². The van der Waals surface area contributed by atoms with Crippen molar-refractivity contribution in [2.45, 2.75) is 25.8 Å². The van der Waals surface area contributed by atoms with Crippen molar-refractivity contribution in [1.82, 2.24) is 20.5 Å². The molecule has 1 aliphatic heterocycles. The molecule has 114 valence electrons. The molecule has 2 rings (SSSR count). The third-order valence-corrected chi connectivity index (χ3v) is 3.46. The molecule has 1 fully saturated rings. The largest absolute Gasteiger partial charge is 0.349 e. The first-order chi connectivity index (χ1) is 10.1. The highest BCUT2D eigenvalue weighted by Crippen LogP contribution is 2.12. The van der Waals surface area contributed by atoms with E-state index in [-0.39, 0.29) is 17.6 Å². The average Bonchev–Trinajstić information content (AvgIpc) is 2.48. The first kappa shape index (κ1) is 15.2. The summed E-state index contributed by atoms with van der Waals surface area (Å²) in [6, 6.07) is 1.23. The van der Waals surface area contributed by atoms with Gasteiger partial charge in [0.25, 0.3) is 5.91 Å². The van der Waals surface area contributed by atoms with Crippen LogP contribution in [0.4, 0.5) is 9.18 Å². The number of urea groups is 1. The van der Waals surface area contributed by atoms with Crippen molar-refractivity contribution < 1.29 is 14.0 Å². The smallest absolute Gasteiger partial charge is 0.317 e. The van der Waals surface area contributed by atoms with Crippen LogP contribution < -0.4 is 10.6 Å². The number of nitrogens with zero attached hydrogens (tertiary/aromatic N) is 2. The second-order valence-corrected chi connectivity index (χ2v) is 4.93. The molecule has 21 heavy (non-hydrogen) atoms. The minimum atomic E-state index is -0.630. The molecule has 0 bridgehead atoms. The van der Waals surface area contributed by atoms with Crippen LogP contribution in [0.15, 0.2) is 18.5 Å². The number of piperidine rings is 1. The maximum absolute atomic E-state index is 13.5. The van der Waals surface area contributed by atoms with Crippen molar-refractivity contribution in [2.75, 3.05) is 19.6 Å². The summed E-state index contributed by atoms with van der Waals surface area (Å²) in [7, 11) is 0. The molecule has 0 aromatic carbocycles. The van der Waals surface area contributed by atoms with E-state index in [1.54, 1.807) is 4.90 Å². The Morgan fingerprint density at radius 1 is 1.43 bits per heavy atom. The maximum Gasteiger partial charge on any atom is 0.317 e. The summed E-state index contributed by atoms with van der Waals surface area (Å²) >= 11 is 0. The number of nitrogens with one attached hydrogen (secondary N) is 2. The Labute approximate surface area is 122 Å². The lowest BCUT2D eigenvalue weighted by Gasteiger charge is -2.32. The number of aromatic nitrogens is 1. The lowest BCUT2D eigenvalue weighted by molar-refractivity contribution is 0.0914. The molecule has 2 heterocycles. The van der Waals surface area contributed by atoms with Crippen LogP contribution in [0.5, 0.6) is 0 Å². The third-order valence-electron chi connectivity index (χ3n) is 3.46. The van der Waals surface area contributed by atoms with Gasteiger partial charge in [0.1, 0.15) is 0 Å². The molecule has 0 unspecified atom stereocenters. The molecule has 1 aliphatic rings. The highest BCUT2D eigenvalue weighted by Gasteiger charge is 2.24. The molecule has 0 radical (unpaired) electrons. The Morgan fingerprint density at radius 2 is 2.14 bits per heavy atom. The molecule has 1 aromatic heterocycles. The van der Waals surface area contributed by atoms with E-state index in [0.717, 1.165) is 6.20 Å². The lowest BCUT2D eigenvalue weighted by Crippen LogP contribution is -2.49. The Balaban J connectivity index is 1.85. The second-order valence-electron chi connectivity index (χ2n) is 4.93. The summed E-state index contributed by atoms with van der Waals surface area (Å²) < 4.78 is 13.5. The van der Waals surface area contributed by atoms with Crippen molar-refractivity contribution in [2.24, 2.45) is 0 Å². The molecule has 1 saturated heterocycles. The average molecular weight is 294 g/mol. The number of likely N-dealkylation sites (tertiary alicyclic amines) is 1. The summed E-state index contributed by atoms with van der Waals surface area (Å²) in [6.07, 6.45) is 3.73. The van der Waals surface area contributed by atoms with Crippen LogP contribution in [0.3, 0.4) is 0 Å². The zero-order valence-corrected chi connectivity index (χ0v) is 11.9. The van der Waals surface area contributed by atoms with E-state index in [1.807, 2.05) is 6.92 Å². The van der Waals surface area contributed by atoms with Crippen LogP contribution in [0, 0.1) is 5.82 Å². The number of hydrogen-bond donors (Lipinski definition) is 2. The van der Waals surface area contributed by atoms with Gasteiger partial charge < -0.3 is 15.5 Å². The van der Waals surface area contributed by atoms with Crippen molar-refractivity contribution in [3.8, 4) is 0 Å². The molecule has 2 N–H and O–H groups in total. The van der Waals surface area contributed by atoms with Crippen LogP contribution in [-0.4, -0.2) is 47.5 Å². The summed E-state index contributed by atoms with van der Waals surface area (Å²) in [5.74, 6) is -1.07. The second kappa shape index (κ2) is 7.01. The van der Waals surface area contributed by atoms with Crippen LogP contribution in [-0.2, 0) is 0 Å². The number of carbonyl (C=O) groups is 2. The van der Waals surface area contributed by atoms with E-state index in [2.05, 4.69) is 15.6 Å². The van der Waals surface area contributed by atoms with Crippen LogP contribution >= 0.6 is 0 Å². The number of carbonyl (C=O) groups excluding carboxylic acids is 2. The Kier molecular flexibility index (Phi) is 5.08. The Morgan fingerprint density at radius 3 is 2.76 bits per heavy atom. The van der Waals surface area contributed by atoms with Gasteiger partial charge in [0.15, 0.2) is 5.82 Å². The van der Waals surface area contributed by atoms with E-state index in [0.29, 0.717) is 32.5 Å². The van der Waals surface area contributed by atoms with E-state index in [4.69, 9.17) is 0 Å². The van der Waals surface area contributed by atoms with Gasteiger partial charge in [0.05, 0.1) is 11.8 Å². The van der Waals surface area contributed by atoms with Crippen molar-refractivity contribution in [3.63, 3.8) is 0 Å². The number of halogens is 1. The topological polar surface area (TPSA) is 74.3 Å². The number of pyridine rings is 1. The zero-order chi connectivity index (χ0) is 15.2. The Hall–Kier alpha value is -2.18. The summed E-state index contributed by atoms with van der Waals surface area (Å²) in [4.78, 5) is 29.0. The van der Waals surface area contributed by atoms with E-state index < -0.39 is 11.7 Å². The Bertz CT molecular complexity index is 515. The summed E-state index contributed by atoms with van der Waals surface area (Å²) in [5, 5.41) is 5.55. The summed E-state index contributed by atoms with van der Waals surface area (Å²) in [6.45, 7) is 3.62. The van der Waals surface area contributed by atoms with Gasteiger partial charge in [-0.15, -0.1) is 0 Å². The van der Waals surface area contributed by atoms with Gasteiger partial charge in [-0.2, -0.15) is 0 Å². The monoisotopic (exact) mass is 294 g/mol. The molecule has 0 spiro atoms. The van der Waals surface area contributed by atoms with Crippen LogP contribution in [0.1, 0.15) is 30.1 Å². The molecule has 0 aliphatic carbocycles. The van der Waals surface area contributed by atoms with Crippen molar-refractivity contribution in [1.29, 1.82) is 0 Å². The van der Waals surface area contributed by atoms with Gasteiger partial charge in [-0.3, -0.25) is 9.78 Å². The molecule has 6 nitrogen and oxygen atoms in total. The molecular formula is C14H19FN4O2. The fourth-order valence-corrected chi connectivity index (χ4v) is 2.31. The predicted molar refractivity (Wildman–Crippen MR) is 75.3 cm³/mol. The molecule has 0 saturated carbocycles. The normalized spacial score (nSPS) is 15.6. The lowest BCUT2D eigenvalue weighted by atomic mass is 10.0. The first-order valence-electron chi connectivity index (χ1n) is 7.05. The van der Waals surface area contributed by atoms with Gasteiger partial charge in [-0.1, -0.05) is 0 Å². The highest BCUT2D eigenvalue weighted by molar-refractivity contribution is 5.94. The highest BCUT2D eigenvalue weighted by atomic mass is 19.1. The third kappa shape index (κ3) is 3.90. The molecular weight excluding hydrogens is 275 g/mol. The van der Waals surface area contributed by atoms with E-state index >= 15 is 0 Å². The van der Waals surface area contributed by atoms with Crippen LogP contribution in [0.2, 0.25) is 0 Å². The first-order valence-corrected chi connectivity index (χ1v) is 7.05. The quantitative estimate of drug-likeness (QED) is 0.878. The van der Waals surface area contributed by atoms with Crippen molar-refractivity contribution >= 4 is 11.9 Å². The van der Waals surface area contributed by atoms with Crippen LogP contribution in [0.25, 0.3) is 0 Å². The molecule has 3 amide bonds. The number of amides is 3. The molecule has 1 aromatic rings. The zero-order valence-electron chi connectivity index (χ0n) is 11.9. The fourth-order valence-electron chi connectivity index (χ4n) is 2.31. The molecule has 7 heteroatoms. The fraction of sp³-hybridized carbons (Fsp3) is 0.500. The maximum atomic E-state index is 13.5. The van der Waals surface area contributed by atoms with Gasteiger partial charge >= 0.3 is 6.03 Å². The molecule has 0 atom stereocenters. The minimum absolute atomic E-state index is 0.00356. The van der Waals surface area contributed by atoms with E-state index in [9.17, 15) is 14.0 Å². The summed E-state index contributed by atoms with van der Waals surface area (Å²) in [5.41, 5.74) is -0.00356. The van der Waals surface area contributed by atoms with Gasteiger partial charge in [-0.25, -0.2) is 9.18 Å². The number of hydrogen-bond acceptors (Lipinski definition) is 3. The van der Waals surface area contributed by atoms with Gasteiger partial charge in [-0.05, 0) is 25.8 Å². The standard InChI is InChI=1S/C14H19FN4O2/c1-2-17-14(21)19-7-4-10(5-8-19)18-13(20)11-3-6-16-9-12(11)15/h3,6,9-10H,2,4-5,7-8H2,1H3,(H,17,21)(H,18,20). The van der Waals surface area contributed by atoms with Crippen molar-refractivity contribution in [3.05, 3.63) is 29.8 Å².